The molecule has 0 aliphatic rings. The first-order chi connectivity index (χ1) is 19.0. The van der Waals surface area contributed by atoms with Crippen molar-refractivity contribution < 1.29 is 24.2 Å². The van der Waals surface area contributed by atoms with E-state index in [2.05, 4.69) is 10.6 Å². The molecule has 3 amide bonds. The molecule has 0 spiro atoms. The zero-order chi connectivity index (χ0) is 29.3. The molecular weight excluding hydrogens is 526 g/mol. The van der Waals surface area contributed by atoms with Crippen LogP contribution in [-0.4, -0.2) is 64.7 Å². The fraction of sp³-hybridized carbons (Fsp3) is 0.387. The Labute approximate surface area is 240 Å². The van der Waals surface area contributed by atoms with E-state index in [0.717, 1.165) is 16.3 Å². The second-order valence-electron chi connectivity index (χ2n) is 10.6. The number of aryl methyl sites for hydroxylation is 1. The van der Waals surface area contributed by atoms with Crippen molar-refractivity contribution in [2.75, 3.05) is 30.5 Å². The van der Waals surface area contributed by atoms with Crippen LogP contribution in [0.2, 0.25) is 0 Å². The van der Waals surface area contributed by atoms with Crippen molar-refractivity contribution in [2.24, 2.45) is 0 Å². The van der Waals surface area contributed by atoms with E-state index in [1.54, 1.807) is 32.9 Å². The third kappa shape index (κ3) is 8.72. The van der Waals surface area contributed by atoms with E-state index in [-0.39, 0.29) is 13.2 Å². The fourth-order valence-corrected chi connectivity index (χ4v) is 4.79. The first-order valence-electron chi connectivity index (χ1n) is 13.3. The Morgan fingerprint density at radius 1 is 1.00 bits per heavy atom. The third-order valence-electron chi connectivity index (χ3n) is 6.19. The van der Waals surface area contributed by atoms with Gasteiger partial charge in [-0.15, -0.1) is 0 Å². The molecule has 214 valence electrons. The smallest absolute Gasteiger partial charge is 0.408 e. The van der Waals surface area contributed by atoms with Gasteiger partial charge in [0.1, 0.15) is 17.7 Å². The first-order valence-corrected chi connectivity index (χ1v) is 14.7. The molecule has 0 bridgehead atoms. The molecule has 0 saturated carbocycles. The minimum absolute atomic E-state index is 0.103. The molecule has 0 fully saturated rings. The van der Waals surface area contributed by atoms with Crippen LogP contribution in [0.25, 0.3) is 10.8 Å². The van der Waals surface area contributed by atoms with Crippen LogP contribution in [0, 0.1) is 6.92 Å². The number of anilines is 1. The Balaban J connectivity index is 1.97. The Hall–Kier alpha value is -3.56. The molecule has 3 N–H and O–H groups in total. The van der Waals surface area contributed by atoms with Crippen molar-refractivity contribution in [3.8, 4) is 0 Å². The molecule has 0 heterocycles. The molecule has 0 saturated heterocycles. The van der Waals surface area contributed by atoms with E-state index in [9.17, 15) is 19.5 Å². The molecule has 0 aliphatic carbocycles. The SMILES string of the molecule is CSCCC(NC(=O)OC(C)(C)C)C(=O)N(CCO)C(C(=O)Nc1ccc2ccccc2c1)c1ccc(C)cc1. The lowest BCUT2D eigenvalue weighted by Gasteiger charge is -2.34. The average Bonchev–Trinajstić information content (AvgIpc) is 2.90. The van der Waals surface area contributed by atoms with Crippen molar-refractivity contribution in [3.05, 3.63) is 77.9 Å². The predicted molar refractivity (Wildman–Crippen MR) is 161 cm³/mol. The van der Waals surface area contributed by atoms with Crippen LogP contribution in [-0.2, 0) is 14.3 Å². The van der Waals surface area contributed by atoms with Crippen molar-refractivity contribution >= 4 is 46.1 Å². The topological polar surface area (TPSA) is 108 Å². The number of nitrogens with zero attached hydrogens (tertiary/aromatic N) is 1. The van der Waals surface area contributed by atoms with Crippen LogP contribution in [0.1, 0.15) is 44.4 Å². The summed E-state index contributed by atoms with van der Waals surface area (Å²) in [6.07, 6.45) is 1.52. The summed E-state index contributed by atoms with van der Waals surface area (Å²) in [6, 6.07) is 18.8. The molecule has 0 aromatic heterocycles. The normalized spacial score (nSPS) is 12.8. The van der Waals surface area contributed by atoms with Crippen molar-refractivity contribution in [2.45, 2.75) is 51.8 Å². The summed E-state index contributed by atoms with van der Waals surface area (Å²) in [5.74, 6) is -0.312. The summed E-state index contributed by atoms with van der Waals surface area (Å²) in [7, 11) is 0. The highest BCUT2D eigenvalue weighted by molar-refractivity contribution is 7.98. The van der Waals surface area contributed by atoms with Gasteiger partial charge in [-0.2, -0.15) is 11.8 Å². The van der Waals surface area contributed by atoms with Gasteiger partial charge in [0.2, 0.25) is 5.91 Å². The fourth-order valence-electron chi connectivity index (χ4n) is 4.32. The van der Waals surface area contributed by atoms with Crippen LogP contribution in [0.3, 0.4) is 0 Å². The van der Waals surface area contributed by atoms with Gasteiger partial charge in [-0.25, -0.2) is 4.79 Å². The van der Waals surface area contributed by atoms with Crippen LogP contribution in [0.5, 0.6) is 0 Å². The Bertz CT molecular complexity index is 1310. The summed E-state index contributed by atoms with van der Waals surface area (Å²) in [5, 5.41) is 17.6. The number of carbonyl (C=O) groups excluding carboxylic acids is 3. The lowest BCUT2D eigenvalue weighted by Crippen LogP contribution is -2.53. The average molecular weight is 566 g/mol. The number of aliphatic hydroxyl groups excluding tert-OH is 1. The summed E-state index contributed by atoms with van der Waals surface area (Å²) < 4.78 is 5.40. The standard InChI is InChI=1S/C31H39N3O5S/c1-21-10-12-23(13-11-21)27(28(36)32-25-15-14-22-8-6-7-9-24(22)20-25)34(17-18-35)29(37)26(16-19-40-5)33-30(38)39-31(2,3)4/h6-15,20,26-27,35H,16-19H2,1-5H3,(H,32,36)(H,33,38). The summed E-state index contributed by atoms with van der Waals surface area (Å²) in [4.78, 5) is 41.9. The highest BCUT2D eigenvalue weighted by Crippen LogP contribution is 2.26. The monoisotopic (exact) mass is 565 g/mol. The number of benzene rings is 3. The Kier molecular flexibility index (Phi) is 11.0. The van der Waals surface area contributed by atoms with Gasteiger partial charge in [-0.1, -0.05) is 60.2 Å². The largest absolute Gasteiger partial charge is 0.444 e. The van der Waals surface area contributed by atoms with Crippen LogP contribution < -0.4 is 10.6 Å². The highest BCUT2D eigenvalue weighted by Gasteiger charge is 2.36. The maximum Gasteiger partial charge on any atom is 0.408 e. The number of alkyl carbamates (subject to hydrolysis) is 1. The molecule has 3 aromatic carbocycles. The van der Waals surface area contributed by atoms with E-state index in [1.165, 1.54) is 16.7 Å². The van der Waals surface area contributed by atoms with Gasteiger partial charge in [0.15, 0.2) is 0 Å². The number of hydrogen-bond acceptors (Lipinski definition) is 6. The Morgan fingerprint density at radius 3 is 2.30 bits per heavy atom. The molecule has 8 nitrogen and oxygen atoms in total. The number of hydrogen-bond donors (Lipinski definition) is 3. The van der Waals surface area contributed by atoms with Crippen molar-refractivity contribution in [1.29, 1.82) is 0 Å². The number of thioether (sulfide) groups is 1. The van der Waals surface area contributed by atoms with Crippen LogP contribution >= 0.6 is 11.8 Å². The second kappa shape index (κ2) is 14.2. The van der Waals surface area contributed by atoms with Crippen LogP contribution in [0.4, 0.5) is 10.5 Å². The first kappa shape index (κ1) is 31.0. The lowest BCUT2D eigenvalue weighted by atomic mass is 10.0. The summed E-state index contributed by atoms with van der Waals surface area (Å²) in [6.45, 7) is 6.71. The number of nitrogens with one attached hydrogen (secondary N) is 2. The second-order valence-corrected chi connectivity index (χ2v) is 11.6. The van der Waals surface area contributed by atoms with Gasteiger partial charge >= 0.3 is 6.09 Å². The zero-order valence-corrected chi connectivity index (χ0v) is 24.6. The number of carbonyl (C=O) groups is 3. The number of fused-ring (bicyclic) bond motifs is 1. The number of aliphatic hydroxyl groups is 1. The minimum Gasteiger partial charge on any atom is -0.444 e. The molecular formula is C31H39N3O5S. The number of ether oxygens (including phenoxy) is 1. The van der Waals surface area contributed by atoms with E-state index >= 15 is 0 Å². The zero-order valence-electron chi connectivity index (χ0n) is 23.8. The van der Waals surface area contributed by atoms with Gasteiger partial charge in [0.05, 0.1) is 6.61 Å². The van der Waals surface area contributed by atoms with Gasteiger partial charge in [0.25, 0.3) is 5.91 Å². The van der Waals surface area contributed by atoms with Gasteiger partial charge < -0.3 is 25.4 Å². The van der Waals surface area contributed by atoms with Crippen molar-refractivity contribution in [1.82, 2.24) is 10.2 Å². The van der Waals surface area contributed by atoms with Crippen molar-refractivity contribution in [3.63, 3.8) is 0 Å². The van der Waals surface area contributed by atoms with E-state index in [0.29, 0.717) is 23.4 Å². The molecule has 3 aromatic rings. The molecule has 9 heteroatoms. The van der Waals surface area contributed by atoms with E-state index in [4.69, 9.17) is 4.74 Å². The number of rotatable bonds is 11. The maximum atomic E-state index is 14.0. The quantitative estimate of drug-likeness (QED) is 0.291. The maximum absolute atomic E-state index is 14.0. The highest BCUT2D eigenvalue weighted by atomic mass is 32.2. The molecule has 3 rings (SSSR count). The summed E-state index contributed by atoms with van der Waals surface area (Å²) >= 11 is 1.54. The lowest BCUT2D eigenvalue weighted by molar-refractivity contribution is -0.141. The molecule has 0 aliphatic heterocycles. The summed E-state index contributed by atoms with van der Waals surface area (Å²) in [5.41, 5.74) is 1.43. The van der Waals surface area contributed by atoms with Gasteiger partial charge in [-0.05, 0) is 74.6 Å². The van der Waals surface area contributed by atoms with Gasteiger partial charge in [0, 0.05) is 12.2 Å². The predicted octanol–water partition coefficient (Wildman–Crippen LogP) is 5.30. The Morgan fingerprint density at radius 2 is 1.68 bits per heavy atom. The molecule has 0 radical (unpaired) electrons. The molecule has 2 atom stereocenters. The number of amides is 3. The third-order valence-corrected chi connectivity index (χ3v) is 6.84. The van der Waals surface area contributed by atoms with Gasteiger partial charge in [-0.3, -0.25) is 9.59 Å². The van der Waals surface area contributed by atoms with E-state index in [1.807, 2.05) is 67.8 Å². The molecule has 40 heavy (non-hydrogen) atoms. The van der Waals surface area contributed by atoms with Crippen LogP contribution in [0.15, 0.2) is 66.7 Å². The molecule has 2 unspecified atom stereocenters. The van der Waals surface area contributed by atoms with E-state index < -0.39 is 35.6 Å². The minimum atomic E-state index is -1.05.